The van der Waals surface area contributed by atoms with Gasteiger partial charge in [-0.1, -0.05) is 13.3 Å². The Hall–Kier alpha value is -1.30. The maximum Gasteiger partial charge on any atom is 0.410 e. The zero-order chi connectivity index (χ0) is 12.1. The Morgan fingerprint density at radius 2 is 2.19 bits per heavy atom. The van der Waals surface area contributed by atoms with E-state index in [1.54, 1.807) is 0 Å². The quantitative estimate of drug-likeness (QED) is 0.686. The SMILES string of the molecule is CCCCOC(=O)N1C[C@H](O)C[C@H]1C(=O)O. The normalized spacial score (nSPS) is 24.5. The van der Waals surface area contributed by atoms with Crippen LogP contribution in [0, 0.1) is 0 Å². The molecule has 1 aliphatic rings. The van der Waals surface area contributed by atoms with Gasteiger partial charge in [-0.25, -0.2) is 9.59 Å². The van der Waals surface area contributed by atoms with Gasteiger partial charge in [0.2, 0.25) is 0 Å². The molecular formula is C10H17NO5. The topological polar surface area (TPSA) is 87.1 Å². The van der Waals surface area contributed by atoms with Gasteiger partial charge in [0, 0.05) is 6.42 Å². The molecule has 2 N–H and O–H groups in total. The first-order valence-corrected chi connectivity index (χ1v) is 5.40. The molecule has 2 atom stereocenters. The number of aliphatic carboxylic acids is 1. The summed E-state index contributed by atoms with van der Waals surface area (Å²) in [5.41, 5.74) is 0. The van der Waals surface area contributed by atoms with Crippen molar-refractivity contribution in [3.8, 4) is 0 Å². The van der Waals surface area contributed by atoms with Gasteiger partial charge in [0.05, 0.1) is 19.3 Å². The standard InChI is InChI=1S/C10H17NO5/c1-2-3-4-16-10(15)11-6-7(12)5-8(11)9(13)14/h7-8,12H,2-6H2,1H3,(H,13,14)/t7-,8+/m1/s1. The average molecular weight is 231 g/mol. The Morgan fingerprint density at radius 3 is 2.75 bits per heavy atom. The molecule has 0 unspecified atom stereocenters. The van der Waals surface area contributed by atoms with Gasteiger partial charge in [-0.05, 0) is 6.42 Å². The monoisotopic (exact) mass is 231 g/mol. The van der Waals surface area contributed by atoms with Crippen molar-refractivity contribution in [2.24, 2.45) is 0 Å². The second kappa shape index (κ2) is 5.69. The van der Waals surface area contributed by atoms with Gasteiger partial charge in [0.15, 0.2) is 0 Å². The Balaban J connectivity index is 2.50. The van der Waals surface area contributed by atoms with Gasteiger partial charge < -0.3 is 14.9 Å². The van der Waals surface area contributed by atoms with Crippen LogP contribution >= 0.6 is 0 Å². The number of carboxylic acid groups (broad SMARTS) is 1. The van der Waals surface area contributed by atoms with Crippen molar-refractivity contribution in [1.82, 2.24) is 4.90 Å². The number of ether oxygens (including phenoxy) is 1. The van der Waals surface area contributed by atoms with Crippen LogP contribution in [-0.4, -0.2) is 52.5 Å². The second-order valence-corrected chi connectivity index (χ2v) is 3.86. The first-order valence-electron chi connectivity index (χ1n) is 5.40. The fourth-order valence-corrected chi connectivity index (χ4v) is 1.64. The largest absolute Gasteiger partial charge is 0.480 e. The van der Waals surface area contributed by atoms with Crippen molar-refractivity contribution in [1.29, 1.82) is 0 Å². The molecule has 0 aromatic rings. The molecular weight excluding hydrogens is 214 g/mol. The lowest BCUT2D eigenvalue weighted by atomic mass is 10.2. The average Bonchev–Trinajstić information content (AvgIpc) is 2.61. The molecule has 0 radical (unpaired) electrons. The molecule has 0 aromatic carbocycles. The predicted octanol–water partition coefficient (Wildman–Crippen LogP) is 0.443. The third kappa shape index (κ3) is 3.10. The molecule has 0 aromatic heterocycles. The van der Waals surface area contributed by atoms with Crippen molar-refractivity contribution in [2.75, 3.05) is 13.2 Å². The van der Waals surface area contributed by atoms with E-state index < -0.39 is 24.2 Å². The van der Waals surface area contributed by atoms with Crippen LogP contribution in [0.15, 0.2) is 0 Å². The van der Waals surface area contributed by atoms with E-state index in [4.69, 9.17) is 9.84 Å². The minimum Gasteiger partial charge on any atom is -0.480 e. The number of carbonyl (C=O) groups is 2. The molecule has 1 heterocycles. The van der Waals surface area contributed by atoms with E-state index in [1.807, 2.05) is 6.92 Å². The molecule has 0 aliphatic carbocycles. The molecule has 0 saturated carbocycles. The Kier molecular flexibility index (Phi) is 4.54. The molecule has 1 saturated heterocycles. The lowest BCUT2D eigenvalue weighted by Crippen LogP contribution is -2.41. The van der Waals surface area contributed by atoms with Gasteiger partial charge in [-0.15, -0.1) is 0 Å². The molecule has 0 bridgehead atoms. The lowest BCUT2D eigenvalue weighted by molar-refractivity contribution is -0.141. The third-order valence-electron chi connectivity index (χ3n) is 2.52. The van der Waals surface area contributed by atoms with Crippen LogP contribution in [0.3, 0.4) is 0 Å². The summed E-state index contributed by atoms with van der Waals surface area (Å²) in [6, 6.07) is -0.968. The summed E-state index contributed by atoms with van der Waals surface area (Å²) in [6.07, 6.45) is 0.285. The summed E-state index contributed by atoms with van der Waals surface area (Å²) in [5.74, 6) is -1.11. The number of hydrogen-bond donors (Lipinski definition) is 2. The Morgan fingerprint density at radius 1 is 1.50 bits per heavy atom. The number of β-amino-alcohol motifs (C(OH)–C–C–N with tert-alkyl or cyclic N) is 1. The first kappa shape index (κ1) is 12.8. The van der Waals surface area contributed by atoms with Gasteiger partial charge in [0.1, 0.15) is 6.04 Å². The fraction of sp³-hybridized carbons (Fsp3) is 0.800. The number of carboxylic acids is 1. The van der Waals surface area contributed by atoms with Crippen LogP contribution in [0.4, 0.5) is 4.79 Å². The van der Waals surface area contributed by atoms with Gasteiger partial charge >= 0.3 is 12.1 Å². The molecule has 0 spiro atoms. The summed E-state index contributed by atoms with van der Waals surface area (Å²) in [5, 5.41) is 18.2. The second-order valence-electron chi connectivity index (χ2n) is 3.86. The smallest absolute Gasteiger partial charge is 0.410 e. The first-order chi connectivity index (χ1) is 7.56. The highest BCUT2D eigenvalue weighted by atomic mass is 16.6. The number of carbonyl (C=O) groups excluding carboxylic acids is 1. The van der Waals surface area contributed by atoms with Gasteiger partial charge in [-0.2, -0.15) is 0 Å². The molecule has 92 valence electrons. The molecule has 1 amide bonds. The highest BCUT2D eigenvalue weighted by Crippen LogP contribution is 2.19. The number of aliphatic hydroxyl groups is 1. The van der Waals surface area contributed by atoms with Gasteiger partial charge in [-0.3, -0.25) is 4.90 Å². The summed E-state index contributed by atoms with van der Waals surface area (Å²) in [7, 11) is 0. The zero-order valence-electron chi connectivity index (χ0n) is 9.26. The van der Waals surface area contributed by atoms with Crippen LogP contribution < -0.4 is 0 Å². The maximum atomic E-state index is 11.5. The van der Waals surface area contributed by atoms with E-state index >= 15 is 0 Å². The number of unbranched alkanes of at least 4 members (excludes halogenated alkanes) is 1. The van der Waals surface area contributed by atoms with E-state index in [-0.39, 0.29) is 19.6 Å². The summed E-state index contributed by atoms with van der Waals surface area (Å²) < 4.78 is 4.91. The van der Waals surface area contributed by atoms with Crippen molar-refractivity contribution in [2.45, 2.75) is 38.3 Å². The van der Waals surface area contributed by atoms with E-state index in [0.29, 0.717) is 0 Å². The lowest BCUT2D eigenvalue weighted by Gasteiger charge is -2.20. The molecule has 16 heavy (non-hydrogen) atoms. The van der Waals surface area contributed by atoms with E-state index in [1.165, 1.54) is 0 Å². The highest BCUT2D eigenvalue weighted by molar-refractivity contribution is 5.80. The Bertz CT molecular complexity index is 268. The molecule has 1 fully saturated rings. The fourth-order valence-electron chi connectivity index (χ4n) is 1.64. The number of amides is 1. The third-order valence-corrected chi connectivity index (χ3v) is 2.52. The molecule has 6 nitrogen and oxygen atoms in total. The maximum absolute atomic E-state index is 11.5. The van der Waals surface area contributed by atoms with Gasteiger partial charge in [0.25, 0.3) is 0 Å². The highest BCUT2D eigenvalue weighted by Gasteiger charge is 2.39. The molecule has 1 rings (SSSR count). The van der Waals surface area contributed by atoms with Crippen LogP contribution in [0.2, 0.25) is 0 Å². The number of likely N-dealkylation sites (tertiary alicyclic amines) is 1. The number of nitrogens with zero attached hydrogens (tertiary/aromatic N) is 1. The van der Waals surface area contributed by atoms with Crippen LogP contribution in [0.25, 0.3) is 0 Å². The van der Waals surface area contributed by atoms with Crippen molar-refractivity contribution in [3.63, 3.8) is 0 Å². The molecule has 6 heteroatoms. The minimum atomic E-state index is -1.11. The van der Waals surface area contributed by atoms with Crippen LogP contribution in [0.1, 0.15) is 26.2 Å². The zero-order valence-corrected chi connectivity index (χ0v) is 9.26. The van der Waals surface area contributed by atoms with Crippen molar-refractivity contribution in [3.05, 3.63) is 0 Å². The predicted molar refractivity (Wildman–Crippen MR) is 55.0 cm³/mol. The summed E-state index contributed by atoms with van der Waals surface area (Å²) in [4.78, 5) is 23.4. The van der Waals surface area contributed by atoms with Crippen molar-refractivity contribution < 1.29 is 24.5 Å². The molecule has 1 aliphatic heterocycles. The van der Waals surface area contributed by atoms with Crippen LogP contribution in [-0.2, 0) is 9.53 Å². The summed E-state index contributed by atoms with van der Waals surface area (Å²) in [6.45, 7) is 2.28. The Labute approximate surface area is 93.8 Å². The number of rotatable bonds is 4. The van der Waals surface area contributed by atoms with Crippen LogP contribution in [0.5, 0.6) is 0 Å². The van der Waals surface area contributed by atoms with E-state index in [9.17, 15) is 14.7 Å². The van der Waals surface area contributed by atoms with E-state index in [0.717, 1.165) is 17.7 Å². The summed E-state index contributed by atoms with van der Waals surface area (Å²) >= 11 is 0. The van der Waals surface area contributed by atoms with Crippen molar-refractivity contribution >= 4 is 12.1 Å². The number of hydrogen-bond acceptors (Lipinski definition) is 4. The minimum absolute atomic E-state index is 0.0297. The van der Waals surface area contributed by atoms with E-state index in [2.05, 4.69) is 0 Å². The number of aliphatic hydroxyl groups excluding tert-OH is 1.